The molecule has 1 amide bonds. The quantitative estimate of drug-likeness (QED) is 0.691. The fraction of sp³-hybridized carbons (Fsp3) is 0.333. The average molecular weight is 470 g/mol. The standard InChI is InChI=1S/C21H22ClF2N3O3S/c1-13(7-9-31(2,29)30)26-21(28)20-18(24)11-15(12-25-20)27-8-3-4-19(27)16-6-5-14(23)10-17(16)22/h5-7,9-13,19H,3-4,8H2,1-2H3,(H,26,28)/b9-7+/t13-,19+/m1/s1. The molecular formula is C21H22ClF2N3O3S. The molecule has 1 aliphatic heterocycles. The molecule has 1 aliphatic rings. The molecule has 0 unspecified atom stereocenters. The molecule has 0 bridgehead atoms. The molecule has 1 saturated heterocycles. The zero-order valence-electron chi connectivity index (χ0n) is 17.0. The van der Waals surface area contributed by atoms with Gasteiger partial charge in [-0.25, -0.2) is 22.2 Å². The largest absolute Gasteiger partial charge is 0.363 e. The van der Waals surface area contributed by atoms with Crippen LogP contribution in [0.2, 0.25) is 5.02 Å². The highest BCUT2D eigenvalue weighted by Gasteiger charge is 2.29. The van der Waals surface area contributed by atoms with Crippen LogP contribution in [-0.2, 0) is 9.84 Å². The maximum Gasteiger partial charge on any atom is 0.273 e. The number of hydrogen-bond donors (Lipinski definition) is 1. The number of halogens is 3. The second-order valence-corrected chi connectivity index (χ2v) is 9.80. The summed E-state index contributed by atoms with van der Waals surface area (Å²) in [4.78, 5) is 18.2. The van der Waals surface area contributed by atoms with E-state index in [4.69, 9.17) is 11.6 Å². The molecule has 0 aliphatic carbocycles. The number of pyridine rings is 1. The number of hydrogen-bond acceptors (Lipinski definition) is 5. The Kier molecular flexibility index (Phi) is 6.96. The van der Waals surface area contributed by atoms with Crippen LogP contribution in [0.4, 0.5) is 14.5 Å². The minimum atomic E-state index is -3.33. The fourth-order valence-electron chi connectivity index (χ4n) is 3.51. The topological polar surface area (TPSA) is 79.4 Å². The molecule has 10 heteroatoms. The molecule has 3 rings (SSSR count). The molecule has 31 heavy (non-hydrogen) atoms. The molecule has 2 heterocycles. The van der Waals surface area contributed by atoms with Gasteiger partial charge in [0.2, 0.25) is 0 Å². The van der Waals surface area contributed by atoms with Crippen molar-refractivity contribution in [3.05, 3.63) is 69.9 Å². The maximum absolute atomic E-state index is 14.7. The lowest BCUT2D eigenvalue weighted by atomic mass is 10.0. The summed E-state index contributed by atoms with van der Waals surface area (Å²) < 4.78 is 50.4. The number of anilines is 1. The van der Waals surface area contributed by atoms with Crippen molar-refractivity contribution in [1.29, 1.82) is 0 Å². The first kappa shape index (κ1) is 23.1. The smallest absolute Gasteiger partial charge is 0.273 e. The zero-order valence-corrected chi connectivity index (χ0v) is 18.6. The fourth-order valence-corrected chi connectivity index (χ4v) is 4.32. The number of aromatic nitrogens is 1. The average Bonchev–Trinajstić information content (AvgIpc) is 3.15. The predicted molar refractivity (Wildman–Crippen MR) is 116 cm³/mol. The molecule has 166 valence electrons. The maximum atomic E-state index is 14.7. The van der Waals surface area contributed by atoms with Crippen LogP contribution in [0, 0.1) is 11.6 Å². The first-order valence-corrected chi connectivity index (χ1v) is 11.9. The van der Waals surface area contributed by atoms with Gasteiger partial charge in [0.1, 0.15) is 5.82 Å². The van der Waals surface area contributed by atoms with Gasteiger partial charge in [0.15, 0.2) is 21.3 Å². The normalized spacial score (nSPS) is 17.8. The molecule has 6 nitrogen and oxygen atoms in total. The minimum Gasteiger partial charge on any atom is -0.363 e. The number of sulfone groups is 1. The van der Waals surface area contributed by atoms with E-state index >= 15 is 0 Å². The molecule has 2 aromatic rings. The highest BCUT2D eigenvalue weighted by atomic mass is 35.5. The van der Waals surface area contributed by atoms with Gasteiger partial charge in [-0.05, 0) is 37.5 Å². The lowest BCUT2D eigenvalue weighted by molar-refractivity contribution is 0.0937. The van der Waals surface area contributed by atoms with E-state index in [0.717, 1.165) is 30.1 Å². The van der Waals surface area contributed by atoms with Gasteiger partial charge >= 0.3 is 0 Å². The van der Waals surface area contributed by atoms with Crippen molar-refractivity contribution in [2.75, 3.05) is 17.7 Å². The molecule has 1 aromatic carbocycles. The number of rotatable bonds is 6. The highest BCUT2D eigenvalue weighted by molar-refractivity contribution is 7.93. The summed E-state index contributed by atoms with van der Waals surface area (Å²) in [5.74, 6) is -1.98. The van der Waals surface area contributed by atoms with E-state index in [0.29, 0.717) is 17.3 Å². The number of carbonyl (C=O) groups is 1. The van der Waals surface area contributed by atoms with Crippen molar-refractivity contribution in [2.24, 2.45) is 0 Å². The summed E-state index contributed by atoms with van der Waals surface area (Å²) in [6, 6.07) is 4.65. The van der Waals surface area contributed by atoms with Crippen molar-refractivity contribution in [3.8, 4) is 0 Å². The van der Waals surface area contributed by atoms with E-state index in [9.17, 15) is 22.0 Å². The number of benzene rings is 1. The summed E-state index contributed by atoms with van der Waals surface area (Å²) in [5, 5.41) is 3.76. The first-order valence-electron chi connectivity index (χ1n) is 9.61. The van der Waals surface area contributed by atoms with Crippen LogP contribution >= 0.6 is 11.6 Å². The summed E-state index contributed by atoms with van der Waals surface area (Å²) in [6.07, 6.45) is 5.33. The Bertz CT molecular complexity index is 1120. The molecule has 1 aromatic heterocycles. The van der Waals surface area contributed by atoms with Gasteiger partial charge in [-0.15, -0.1) is 0 Å². The Labute approximate surface area is 184 Å². The second kappa shape index (κ2) is 9.32. The molecule has 0 radical (unpaired) electrons. The van der Waals surface area contributed by atoms with Crippen molar-refractivity contribution in [2.45, 2.75) is 31.8 Å². The van der Waals surface area contributed by atoms with Crippen LogP contribution in [0.15, 0.2) is 41.9 Å². The third-order valence-electron chi connectivity index (χ3n) is 4.92. The zero-order chi connectivity index (χ0) is 22.8. The van der Waals surface area contributed by atoms with E-state index in [1.165, 1.54) is 30.5 Å². The van der Waals surface area contributed by atoms with E-state index in [1.54, 1.807) is 13.0 Å². The minimum absolute atomic E-state index is 0.157. The predicted octanol–water partition coefficient (Wildman–Crippen LogP) is 4.03. The van der Waals surface area contributed by atoms with Crippen LogP contribution < -0.4 is 10.2 Å². The lowest BCUT2D eigenvalue weighted by Crippen LogP contribution is -2.32. The summed E-state index contributed by atoms with van der Waals surface area (Å²) in [5.41, 5.74) is 0.843. The number of nitrogens with zero attached hydrogens (tertiary/aromatic N) is 2. The van der Waals surface area contributed by atoms with Crippen LogP contribution in [-0.4, -0.2) is 38.2 Å². The van der Waals surface area contributed by atoms with Gasteiger partial charge in [0.25, 0.3) is 5.91 Å². The van der Waals surface area contributed by atoms with Gasteiger partial charge in [-0.2, -0.15) is 0 Å². The Morgan fingerprint density at radius 3 is 2.74 bits per heavy atom. The third kappa shape index (κ3) is 5.80. The molecule has 0 spiro atoms. The summed E-state index contributed by atoms with van der Waals surface area (Å²) in [6.45, 7) is 2.20. The third-order valence-corrected chi connectivity index (χ3v) is 5.90. The van der Waals surface area contributed by atoms with Gasteiger partial charge < -0.3 is 10.2 Å². The Morgan fingerprint density at radius 1 is 1.35 bits per heavy atom. The Morgan fingerprint density at radius 2 is 2.10 bits per heavy atom. The van der Waals surface area contributed by atoms with E-state index < -0.39 is 33.4 Å². The highest BCUT2D eigenvalue weighted by Crippen LogP contribution is 2.39. The van der Waals surface area contributed by atoms with Crippen molar-refractivity contribution >= 4 is 33.0 Å². The van der Waals surface area contributed by atoms with Gasteiger partial charge in [0.05, 0.1) is 17.9 Å². The van der Waals surface area contributed by atoms with Crippen molar-refractivity contribution in [3.63, 3.8) is 0 Å². The monoisotopic (exact) mass is 469 g/mol. The Balaban J connectivity index is 1.78. The molecular weight excluding hydrogens is 448 g/mol. The van der Waals surface area contributed by atoms with Gasteiger partial charge in [-0.1, -0.05) is 23.7 Å². The molecule has 2 atom stereocenters. The molecule has 1 N–H and O–H groups in total. The van der Waals surface area contributed by atoms with Gasteiger partial charge in [0, 0.05) is 35.3 Å². The van der Waals surface area contributed by atoms with E-state index in [-0.39, 0.29) is 11.7 Å². The van der Waals surface area contributed by atoms with E-state index in [1.807, 2.05) is 4.90 Å². The number of amides is 1. The van der Waals surface area contributed by atoms with Crippen molar-refractivity contribution < 1.29 is 22.0 Å². The van der Waals surface area contributed by atoms with Crippen molar-refractivity contribution in [1.82, 2.24) is 10.3 Å². The first-order chi connectivity index (χ1) is 14.5. The number of carbonyl (C=O) groups excluding carboxylic acids is 1. The summed E-state index contributed by atoms with van der Waals surface area (Å²) in [7, 11) is -3.33. The van der Waals surface area contributed by atoms with Crippen LogP contribution in [0.1, 0.15) is 41.9 Å². The SMILES string of the molecule is C[C@H](/C=C/S(C)(=O)=O)NC(=O)c1ncc(N2CCC[C@H]2c2ccc(F)cc2Cl)cc1F. The molecule has 0 saturated carbocycles. The number of nitrogens with one attached hydrogen (secondary N) is 1. The Hall–Kier alpha value is -2.52. The van der Waals surface area contributed by atoms with Crippen LogP contribution in [0.5, 0.6) is 0 Å². The van der Waals surface area contributed by atoms with Crippen LogP contribution in [0.3, 0.4) is 0 Å². The van der Waals surface area contributed by atoms with Gasteiger partial charge in [-0.3, -0.25) is 4.79 Å². The molecule has 1 fully saturated rings. The lowest BCUT2D eigenvalue weighted by Gasteiger charge is -2.27. The summed E-state index contributed by atoms with van der Waals surface area (Å²) >= 11 is 6.21. The van der Waals surface area contributed by atoms with Crippen LogP contribution in [0.25, 0.3) is 0 Å². The second-order valence-electron chi connectivity index (χ2n) is 7.46. The van der Waals surface area contributed by atoms with E-state index in [2.05, 4.69) is 10.3 Å².